The van der Waals surface area contributed by atoms with E-state index in [1.54, 1.807) is 24.3 Å². The number of ether oxygens (including phenoxy) is 1. The van der Waals surface area contributed by atoms with Crippen LogP contribution in [0.1, 0.15) is 11.1 Å². The van der Waals surface area contributed by atoms with Crippen molar-refractivity contribution >= 4 is 17.5 Å². The van der Waals surface area contributed by atoms with Crippen LogP contribution in [0.2, 0.25) is 5.02 Å². The summed E-state index contributed by atoms with van der Waals surface area (Å²) in [5.41, 5.74) is 6.91. The van der Waals surface area contributed by atoms with Crippen LogP contribution < -0.4 is 10.5 Å². The summed E-state index contributed by atoms with van der Waals surface area (Å²) in [5.74, 6) is 6.93. The van der Waals surface area contributed by atoms with E-state index in [2.05, 4.69) is 21.8 Å². The Hall–Kier alpha value is -3.23. The first kappa shape index (κ1) is 15.7. The highest BCUT2D eigenvalue weighted by atomic mass is 35.5. The predicted molar refractivity (Wildman–Crippen MR) is 92.1 cm³/mol. The van der Waals surface area contributed by atoms with Gasteiger partial charge >= 0.3 is 0 Å². The molecule has 0 aliphatic carbocycles. The molecule has 3 aromatic rings. The highest BCUT2D eigenvalue weighted by Gasteiger charge is 2.07. The Morgan fingerprint density at radius 1 is 1.00 bits per heavy atom. The fraction of sp³-hybridized carbons (Fsp3) is 0. The predicted octanol–water partition coefficient (Wildman–Crippen LogP) is 3.61. The Morgan fingerprint density at radius 2 is 1.71 bits per heavy atom. The van der Waals surface area contributed by atoms with Gasteiger partial charge in [0.1, 0.15) is 17.1 Å². The zero-order chi connectivity index (χ0) is 16.9. The lowest BCUT2D eigenvalue weighted by molar-refractivity contribution is 0.452. The van der Waals surface area contributed by atoms with Gasteiger partial charge in [-0.3, -0.25) is 0 Å². The van der Waals surface area contributed by atoms with Crippen molar-refractivity contribution in [3.8, 4) is 29.2 Å². The Bertz CT molecular complexity index is 914. The molecule has 0 bridgehead atoms. The highest BCUT2D eigenvalue weighted by Crippen LogP contribution is 2.24. The first-order chi connectivity index (χ1) is 11.6. The average molecular weight is 338 g/mol. The van der Waals surface area contributed by atoms with Gasteiger partial charge in [0, 0.05) is 10.6 Å². The zero-order valence-corrected chi connectivity index (χ0v) is 13.2. The first-order valence-corrected chi connectivity index (χ1v) is 7.35. The molecule has 2 aromatic carbocycles. The minimum atomic E-state index is 0.0841. The molecule has 0 unspecified atom stereocenters. The van der Waals surface area contributed by atoms with Crippen LogP contribution in [0.15, 0.2) is 54.7 Å². The minimum Gasteiger partial charge on any atom is -0.508 e. The van der Waals surface area contributed by atoms with Gasteiger partial charge in [-0.2, -0.15) is 4.98 Å². The second kappa shape index (κ2) is 6.90. The summed E-state index contributed by atoms with van der Waals surface area (Å²) in [6.07, 6.45) is 1.50. The third-order valence-electron chi connectivity index (χ3n) is 3.01. The molecule has 0 aliphatic rings. The lowest BCUT2D eigenvalue weighted by atomic mass is 10.2. The number of nitrogens with two attached hydrogens (primary N) is 1. The molecule has 0 atom stereocenters. The second-order valence-electron chi connectivity index (χ2n) is 4.80. The molecule has 3 rings (SSSR count). The molecule has 0 fully saturated rings. The molecule has 0 saturated heterocycles. The summed E-state index contributed by atoms with van der Waals surface area (Å²) in [6.45, 7) is 0. The van der Waals surface area contributed by atoms with Crippen molar-refractivity contribution in [1.82, 2.24) is 9.97 Å². The number of aromatic nitrogens is 2. The summed E-state index contributed by atoms with van der Waals surface area (Å²) in [7, 11) is 0. The molecule has 3 N–H and O–H groups in total. The molecular formula is C18H12ClN3O2. The number of nitrogen functional groups attached to an aromatic ring is 1. The topological polar surface area (TPSA) is 81.3 Å². The van der Waals surface area contributed by atoms with Crippen molar-refractivity contribution < 1.29 is 9.84 Å². The molecule has 1 heterocycles. The van der Waals surface area contributed by atoms with Gasteiger partial charge in [0.25, 0.3) is 0 Å². The minimum absolute atomic E-state index is 0.0841. The molecule has 0 spiro atoms. The van der Waals surface area contributed by atoms with Gasteiger partial charge in [0.15, 0.2) is 0 Å². The fourth-order valence-electron chi connectivity index (χ4n) is 1.84. The number of halogens is 1. The largest absolute Gasteiger partial charge is 0.508 e. The molecule has 24 heavy (non-hydrogen) atoms. The van der Waals surface area contributed by atoms with Crippen molar-refractivity contribution in [3.63, 3.8) is 0 Å². The van der Waals surface area contributed by atoms with E-state index in [4.69, 9.17) is 22.1 Å². The smallest absolute Gasteiger partial charge is 0.239 e. The van der Waals surface area contributed by atoms with E-state index in [0.717, 1.165) is 5.56 Å². The van der Waals surface area contributed by atoms with Gasteiger partial charge in [-0.25, -0.2) is 4.98 Å². The Labute approximate surface area is 143 Å². The number of hydrogen-bond acceptors (Lipinski definition) is 5. The molecule has 0 radical (unpaired) electrons. The number of nitrogens with zero attached hydrogens (tertiary/aromatic N) is 2. The van der Waals surface area contributed by atoms with Crippen LogP contribution in [0.3, 0.4) is 0 Å². The van der Waals surface area contributed by atoms with E-state index < -0.39 is 0 Å². The van der Waals surface area contributed by atoms with Crippen molar-refractivity contribution in [2.45, 2.75) is 0 Å². The maximum Gasteiger partial charge on any atom is 0.239 e. The van der Waals surface area contributed by atoms with Gasteiger partial charge in [0.2, 0.25) is 11.8 Å². The summed E-state index contributed by atoms with van der Waals surface area (Å²) in [6, 6.07) is 13.4. The summed E-state index contributed by atoms with van der Waals surface area (Å²) < 4.78 is 5.69. The molecular weight excluding hydrogens is 326 g/mol. The van der Waals surface area contributed by atoms with E-state index in [1.165, 1.54) is 18.3 Å². The van der Waals surface area contributed by atoms with Crippen LogP contribution in [0.5, 0.6) is 17.4 Å². The van der Waals surface area contributed by atoms with Gasteiger partial charge in [-0.05, 0) is 48.5 Å². The van der Waals surface area contributed by atoms with Crippen molar-refractivity contribution in [2.24, 2.45) is 0 Å². The van der Waals surface area contributed by atoms with Crippen molar-refractivity contribution in [3.05, 3.63) is 70.9 Å². The molecule has 0 aliphatic heterocycles. The molecule has 5 nitrogen and oxygen atoms in total. The zero-order valence-electron chi connectivity index (χ0n) is 12.4. The summed E-state index contributed by atoms with van der Waals surface area (Å²) in [4.78, 5) is 8.02. The van der Waals surface area contributed by atoms with E-state index in [9.17, 15) is 5.11 Å². The molecule has 0 amide bonds. The monoisotopic (exact) mass is 337 g/mol. The third-order valence-corrected chi connectivity index (χ3v) is 3.26. The van der Waals surface area contributed by atoms with Crippen LogP contribution in [-0.4, -0.2) is 15.1 Å². The third kappa shape index (κ3) is 3.94. The van der Waals surface area contributed by atoms with Gasteiger partial charge in [-0.15, -0.1) is 0 Å². The van der Waals surface area contributed by atoms with Gasteiger partial charge in [-0.1, -0.05) is 23.4 Å². The van der Waals surface area contributed by atoms with E-state index in [0.29, 0.717) is 16.3 Å². The molecule has 0 saturated carbocycles. The number of aromatic hydroxyl groups is 1. The van der Waals surface area contributed by atoms with Crippen LogP contribution in [-0.2, 0) is 0 Å². The number of rotatable bonds is 2. The fourth-order valence-corrected chi connectivity index (χ4v) is 1.97. The number of benzene rings is 2. The van der Waals surface area contributed by atoms with Gasteiger partial charge in [0.05, 0.1) is 6.20 Å². The van der Waals surface area contributed by atoms with Crippen LogP contribution in [0, 0.1) is 11.8 Å². The Balaban J connectivity index is 1.91. The summed E-state index contributed by atoms with van der Waals surface area (Å²) in [5, 5.41) is 9.96. The number of phenolic OH excluding ortho intramolecular Hbond substituents is 1. The second-order valence-corrected chi connectivity index (χ2v) is 5.24. The first-order valence-electron chi connectivity index (χ1n) is 6.97. The van der Waals surface area contributed by atoms with Crippen LogP contribution >= 0.6 is 11.6 Å². The standard InChI is InChI=1S/C18H12ClN3O2/c19-14-5-2-12(3-6-14)1-4-13-11-21-18(20)22-17(13)24-16-9-7-15(23)8-10-16/h2-3,5-11,23H,(H2,20,21,22). The van der Waals surface area contributed by atoms with Crippen molar-refractivity contribution in [1.29, 1.82) is 0 Å². The van der Waals surface area contributed by atoms with Crippen LogP contribution in [0.4, 0.5) is 5.95 Å². The van der Waals surface area contributed by atoms with E-state index in [1.807, 2.05) is 12.1 Å². The molecule has 6 heteroatoms. The lowest BCUT2D eigenvalue weighted by Crippen LogP contribution is -1.99. The van der Waals surface area contributed by atoms with Gasteiger partial charge < -0.3 is 15.6 Å². The maximum atomic E-state index is 9.32. The highest BCUT2D eigenvalue weighted by molar-refractivity contribution is 6.30. The molecule has 118 valence electrons. The number of anilines is 1. The van der Waals surface area contributed by atoms with Crippen molar-refractivity contribution in [2.75, 3.05) is 5.73 Å². The van der Waals surface area contributed by atoms with E-state index in [-0.39, 0.29) is 17.6 Å². The van der Waals surface area contributed by atoms with Crippen LogP contribution in [0.25, 0.3) is 0 Å². The quantitative estimate of drug-likeness (QED) is 0.698. The maximum absolute atomic E-state index is 9.32. The number of hydrogen-bond donors (Lipinski definition) is 2. The lowest BCUT2D eigenvalue weighted by Gasteiger charge is -2.07. The van der Waals surface area contributed by atoms with E-state index >= 15 is 0 Å². The average Bonchev–Trinajstić information content (AvgIpc) is 2.58. The normalized spacial score (nSPS) is 9.88. The number of phenols is 1. The SMILES string of the molecule is Nc1ncc(C#Cc2ccc(Cl)cc2)c(Oc2ccc(O)cc2)n1. The Morgan fingerprint density at radius 3 is 2.42 bits per heavy atom. The Kier molecular flexibility index (Phi) is 4.50. The molecule has 1 aromatic heterocycles. The summed E-state index contributed by atoms with van der Waals surface area (Å²) >= 11 is 5.85.